The monoisotopic (exact) mass is 1120 g/mol. The smallest absolute Gasteiger partial charge is 0.252 e. The summed E-state index contributed by atoms with van der Waals surface area (Å²) in [6, 6.07) is 63.5. The van der Waals surface area contributed by atoms with Gasteiger partial charge < -0.3 is 27.5 Å². The lowest BCUT2D eigenvalue weighted by atomic mass is 9.32. The lowest BCUT2D eigenvalue weighted by molar-refractivity contribution is 0.332. The number of para-hydroxylation sites is 4. The van der Waals surface area contributed by atoms with Crippen molar-refractivity contribution in [1.82, 2.24) is 0 Å². The Balaban J connectivity index is 1.00. The number of anilines is 6. The molecule has 0 saturated heterocycles. The Morgan fingerprint density at radius 2 is 0.628 bits per heavy atom. The number of hydrogen-bond acceptors (Lipinski definition) is 6. The normalized spacial score (nSPS) is 16.8. The first-order chi connectivity index (χ1) is 41.5. The van der Waals surface area contributed by atoms with E-state index in [2.05, 4.69) is 242 Å². The Hall–Kier alpha value is -9.20. The first kappa shape index (κ1) is 51.2. The average molecular weight is 1120 g/mol. The fraction of sp³-hybridized carbons (Fsp3) is 0.215. The second-order valence-corrected chi connectivity index (χ2v) is 27.9. The van der Waals surface area contributed by atoms with Crippen molar-refractivity contribution < 1.29 is 17.7 Å². The van der Waals surface area contributed by atoms with Gasteiger partial charge in [-0.3, -0.25) is 0 Å². The molecule has 86 heavy (non-hydrogen) atoms. The Morgan fingerprint density at radius 3 is 0.942 bits per heavy atom. The van der Waals surface area contributed by atoms with E-state index in [-0.39, 0.29) is 28.4 Å². The third-order valence-corrected chi connectivity index (χ3v) is 20.7. The van der Waals surface area contributed by atoms with Crippen molar-refractivity contribution in [2.24, 2.45) is 0 Å². The zero-order valence-corrected chi connectivity index (χ0v) is 50.4. The molecule has 0 radical (unpaired) electrons. The van der Waals surface area contributed by atoms with Crippen molar-refractivity contribution in [3.8, 4) is 44.5 Å². The standard InChI is InChI=1S/C79H67BN2O4/c1-46-30-69-75-70(31-46)82(52-36-49(59-44-85-73-24-16-12-20-55(59)73)33-50(37-52)60-45-86-74-25-17-13-21-56(60)74)68-41-64-62(77(4,5)27-29-79(64,8)9)39-66(68)80(75)65-38-61-63(78(6,7)28-26-76(61,2)3)40-67(65)81(69)51-34-47(57-42-83-71-22-14-10-18-53(57)71)32-48(35-51)58-43-84-72-23-15-11-19-54(58)72/h10-25,30-45H,26-29H2,1-9H3. The fourth-order valence-corrected chi connectivity index (χ4v) is 15.7. The molecular formula is C79H67BN2O4. The molecule has 0 unspecified atom stereocenters. The maximum Gasteiger partial charge on any atom is 0.252 e. The summed E-state index contributed by atoms with van der Waals surface area (Å²) in [5, 5.41) is 4.31. The van der Waals surface area contributed by atoms with E-state index in [4.69, 9.17) is 17.7 Å². The van der Waals surface area contributed by atoms with Crippen LogP contribution in [0.2, 0.25) is 0 Å². The summed E-state index contributed by atoms with van der Waals surface area (Å²) in [5.41, 5.74) is 29.6. The zero-order valence-electron chi connectivity index (χ0n) is 50.4. The summed E-state index contributed by atoms with van der Waals surface area (Å²) >= 11 is 0. The molecular weight excluding hydrogens is 1050 g/mol. The van der Waals surface area contributed by atoms with Crippen molar-refractivity contribution in [2.75, 3.05) is 9.80 Å². The van der Waals surface area contributed by atoms with Crippen LogP contribution >= 0.6 is 0 Å². The second-order valence-electron chi connectivity index (χ2n) is 27.9. The predicted octanol–water partition coefficient (Wildman–Crippen LogP) is 20.4. The molecule has 17 rings (SSSR count). The second kappa shape index (κ2) is 17.9. The number of furan rings is 4. The van der Waals surface area contributed by atoms with Crippen LogP contribution in [0.25, 0.3) is 88.4 Å². The van der Waals surface area contributed by atoms with Crippen LogP contribution in [0.15, 0.2) is 213 Å². The minimum atomic E-state index is -0.105. The number of aryl methyl sites for hydroxylation is 1. The van der Waals surface area contributed by atoms with Crippen LogP contribution in [-0.4, -0.2) is 6.71 Å². The minimum absolute atomic E-state index is 0.0460. The van der Waals surface area contributed by atoms with Crippen molar-refractivity contribution in [3.05, 3.63) is 223 Å². The van der Waals surface area contributed by atoms with Gasteiger partial charge in [-0.05, 0) is 206 Å². The van der Waals surface area contributed by atoms with Crippen LogP contribution in [0, 0.1) is 6.92 Å². The van der Waals surface area contributed by atoms with Gasteiger partial charge in [-0.25, -0.2) is 0 Å². The largest absolute Gasteiger partial charge is 0.464 e. The van der Waals surface area contributed by atoms with Crippen LogP contribution < -0.4 is 26.2 Å². The Kier molecular flexibility index (Phi) is 10.7. The summed E-state index contributed by atoms with van der Waals surface area (Å²) < 4.78 is 25.5. The third-order valence-electron chi connectivity index (χ3n) is 20.7. The molecule has 6 nitrogen and oxygen atoms in total. The quantitative estimate of drug-likeness (QED) is 0.155. The number of fused-ring (bicyclic) bond motifs is 10. The molecule has 2 aliphatic carbocycles. The van der Waals surface area contributed by atoms with Crippen LogP contribution in [0.3, 0.4) is 0 Å². The SMILES string of the molecule is Cc1cc2c3c(c1)N(c1cc(-c4coc5ccccc45)cc(-c4coc5ccccc45)c1)c1cc4c(cc1B3c1cc3c(cc1N2c1cc(-c2coc5ccccc25)cc(-c2coc5ccccc25)c1)C(C)(C)CCC3(C)C)C(C)(C)CCC4(C)C. The summed E-state index contributed by atoms with van der Waals surface area (Å²) in [6.07, 6.45) is 12.2. The van der Waals surface area contributed by atoms with E-state index in [1.54, 1.807) is 0 Å². The number of benzene rings is 9. The molecule has 0 spiro atoms. The Labute approximate surface area is 502 Å². The van der Waals surface area contributed by atoms with Gasteiger partial charge in [-0.2, -0.15) is 0 Å². The third kappa shape index (κ3) is 7.52. The summed E-state index contributed by atoms with van der Waals surface area (Å²) in [5.74, 6) is 0. The van der Waals surface area contributed by atoms with Gasteiger partial charge in [0, 0.05) is 77.9 Å². The fourth-order valence-electron chi connectivity index (χ4n) is 15.7. The minimum Gasteiger partial charge on any atom is -0.464 e. The Morgan fingerprint density at radius 1 is 0.337 bits per heavy atom. The van der Waals surface area contributed by atoms with E-state index in [1.807, 2.05) is 25.1 Å². The highest BCUT2D eigenvalue weighted by atomic mass is 16.3. The number of nitrogens with zero attached hydrogens (tertiary/aromatic N) is 2. The van der Waals surface area contributed by atoms with E-state index in [1.165, 1.54) is 67.0 Å². The van der Waals surface area contributed by atoms with Gasteiger partial charge in [-0.1, -0.05) is 140 Å². The highest BCUT2D eigenvalue weighted by Crippen LogP contribution is 2.55. The van der Waals surface area contributed by atoms with E-state index >= 15 is 0 Å². The van der Waals surface area contributed by atoms with Crippen molar-refractivity contribution >= 4 is 101 Å². The average Bonchev–Trinajstić information content (AvgIpc) is 1.18. The van der Waals surface area contributed by atoms with Gasteiger partial charge in [0.1, 0.15) is 22.3 Å². The molecule has 13 aromatic rings. The molecule has 4 aromatic heterocycles. The van der Waals surface area contributed by atoms with Crippen LogP contribution in [0.1, 0.15) is 109 Å². The molecule has 2 aliphatic heterocycles. The molecule has 0 fully saturated rings. The van der Waals surface area contributed by atoms with Crippen molar-refractivity contribution in [1.29, 1.82) is 0 Å². The van der Waals surface area contributed by atoms with E-state index < -0.39 is 0 Å². The lowest BCUT2D eigenvalue weighted by Gasteiger charge is -2.49. The van der Waals surface area contributed by atoms with Gasteiger partial charge in [0.15, 0.2) is 0 Å². The van der Waals surface area contributed by atoms with E-state index in [0.717, 1.165) is 125 Å². The van der Waals surface area contributed by atoms with E-state index in [0.29, 0.717) is 0 Å². The molecule has 0 amide bonds. The predicted molar refractivity (Wildman–Crippen MR) is 357 cm³/mol. The van der Waals surface area contributed by atoms with Crippen LogP contribution in [0.5, 0.6) is 0 Å². The molecule has 0 bridgehead atoms. The molecule has 0 saturated carbocycles. The van der Waals surface area contributed by atoms with Crippen LogP contribution in [0.4, 0.5) is 34.1 Å². The number of rotatable bonds is 6. The first-order valence-electron chi connectivity index (χ1n) is 30.8. The molecule has 7 heteroatoms. The highest BCUT2D eigenvalue weighted by molar-refractivity contribution is 7.00. The summed E-state index contributed by atoms with van der Waals surface area (Å²) in [7, 11) is 0. The maximum atomic E-state index is 6.39. The van der Waals surface area contributed by atoms with Gasteiger partial charge in [0.25, 0.3) is 6.71 Å². The highest BCUT2D eigenvalue weighted by Gasteiger charge is 2.49. The molecule has 0 N–H and O–H groups in total. The van der Waals surface area contributed by atoms with Gasteiger partial charge in [0.05, 0.1) is 25.1 Å². The topological polar surface area (TPSA) is 59.0 Å². The van der Waals surface area contributed by atoms with Gasteiger partial charge >= 0.3 is 0 Å². The molecule has 0 atom stereocenters. The molecule has 6 heterocycles. The summed E-state index contributed by atoms with van der Waals surface area (Å²) in [4.78, 5) is 5.28. The van der Waals surface area contributed by atoms with Crippen LogP contribution in [-0.2, 0) is 21.7 Å². The number of hydrogen-bond donors (Lipinski definition) is 0. The van der Waals surface area contributed by atoms with Crippen molar-refractivity contribution in [2.45, 2.75) is 110 Å². The lowest BCUT2D eigenvalue weighted by Crippen LogP contribution is -2.62. The van der Waals surface area contributed by atoms with Gasteiger partial charge in [-0.15, -0.1) is 0 Å². The van der Waals surface area contributed by atoms with Crippen molar-refractivity contribution in [3.63, 3.8) is 0 Å². The molecule has 4 aliphatic rings. The Bertz CT molecular complexity index is 4520. The zero-order chi connectivity index (χ0) is 58.3. The summed E-state index contributed by atoms with van der Waals surface area (Å²) in [6.45, 7) is 22.0. The van der Waals surface area contributed by atoms with E-state index in [9.17, 15) is 0 Å². The molecule has 420 valence electrons. The first-order valence-corrected chi connectivity index (χ1v) is 30.8. The molecule has 9 aromatic carbocycles. The van der Waals surface area contributed by atoms with Gasteiger partial charge in [0.2, 0.25) is 0 Å². The maximum absolute atomic E-state index is 6.39.